The first-order chi connectivity index (χ1) is 5.75. The first-order valence-corrected chi connectivity index (χ1v) is 5.57. The van der Waals surface area contributed by atoms with Crippen LogP contribution in [0.5, 0.6) is 0 Å². The van der Waals surface area contributed by atoms with Gasteiger partial charge in [0.25, 0.3) is 0 Å². The lowest BCUT2D eigenvalue weighted by Gasteiger charge is -2.10. The minimum atomic E-state index is -3.17. The van der Waals surface area contributed by atoms with Crippen molar-refractivity contribution in [3.63, 3.8) is 0 Å². The third-order valence-corrected chi connectivity index (χ3v) is 2.60. The Kier molecular flexibility index (Phi) is 3.94. The molecule has 74 valence electrons. The van der Waals surface area contributed by atoms with Gasteiger partial charge >= 0.3 is 0 Å². The molecular weight excluding hydrogens is 186 g/mol. The van der Waals surface area contributed by atoms with E-state index >= 15 is 0 Å². The predicted molar refractivity (Wildman–Crippen MR) is 56.0 cm³/mol. The first-order valence-electron chi connectivity index (χ1n) is 3.68. The van der Waals surface area contributed by atoms with Crippen molar-refractivity contribution < 1.29 is 8.42 Å². The van der Waals surface area contributed by atoms with Gasteiger partial charge in [0.2, 0.25) is 0 Å². The summed E-state index contributed by atoms with van der Waals surface area (Å²) in [6.07, 6.45) is 4.18. The van der Waals surface area contributed by atoms with Crippen molar-refractivity contribution in [3.8, 4) is 0 Å². The molecule has 0 N–H and O–H groups in total. The highest BCUT2D eigenvalue weighted by molar-refractivity contribution is 7.94. The first kappa shape index (κ1) is 12.0. The Morgan fingerprint density at radius 3 is 2.00 bits per heavy atom. The van der Waals surface area contributed by atoms with E-state index in [9.17, 15) is 8.42 Å². The van der Waals surface area contributed by atoms with Crippen LogP contribution >= 0.6 is 0 Å². The highest BCUT2D eigenvalue weighted by Gasteiger charge is 2.03. The monoisotopic (exact) mass is 201 g/mol. The summed E-state index contributed by atoms with van der Waals surface area (Å²) < 4.78 is 21.8. The smallest absolute Gasteiger partial charge is 0.174 e. The number of allylic oxidation sites excluding steroid dienone is 2. The van der Waals surface area contributed by atoms with Crippen molar-refractivity contribution in [1.29, 1.82) is 0 Å². The van der Waals surface area contributed by atoms with Crippen LogP contribution < -0.4 is 0 Å². The summed E-state index contributed by atoms with van der Waals surface area (Å²) in [6.45, 7) is 7.13. The minimum Gasteiger partial charge on any atom is -0.378 e. The maximum atomic E-state index is 10.9. The summed E-state index contributed by atoms with van der Waals surface area (Å²) in [6, 6.07) is 0. The van der Waals surface area contributed by atoms with Crippen molar-refractivity contribution in [3.05, 3.63) is 35.9 Å². The number of hydrogen-bond donors (Lipinski definition) is 0. The molecule has 0 amide bonds. The van der Waals surface area contributed by atoms with Gasteiger partial charge in [0.1, 0.15) is 0 Å². The van der Waals surface area contributed by atoms with Crippen molar-refractivity contribution in [1.82, 2.24) is 4.90 Å². The molecule has 0 bridgehead atoms. The molecule has 0 aromatic carbocycles. The molecule has 0 radical (unpaired) electrons. The van der Waals surface area contributed by atoms with E-state index in [1.165, 1.54) is 6.08 Å². The predicted octanol–water partition coefficient (Wildman–Crippen LogP) is 1.18. The van der Waals surface area contributed by atoms with Crippen molar-refractivity contribution in [2.24, 2.45) is 0 Å². The fourth-order valence-electron chi connectivity index (χ4n) is 0.462. The number of rotatable bonds is 4. The molecule has 4 heteroatoms. The maximum Gasteiger partial charge on any atom is 0.174 e. The van der Waals surface area contributed by atoms with Gasteiger partial charge in [-0.15, -0.1) is 0 Å². The summed E-state index contributed by atoms with van der Waals surface area (Å²) in [5, 5.41) is 0. The molecule has 0 aliphatic carbocycles. The average molecular weight is 201 g/mol. The largest absolute Gasteiger partial charge is 0.378 e. The van der Waals surface area contributed by atoms with Gasteiger partial charge in [0.05, 0.1) is 4.91 Å². The van der Waals surface area contributed by atoms with E-state index in [4.69, 9.17) is 0 Å². The Bertz CT molecular complexity index is 337. The lowest BCUT2D eigenvalue weighted by atomic mass is 10.4. The molecule has 0 atom stereocenters. The third-order valence-electron chi connectivity index (χ3n) is 1.51. The van der Waals surface area contributed by atoms with Gasteiger partial charge in [-0.25, -0.2) is 8.42 Å². The topological polar surface area (TPSA) is 37.4 Å². The van der Waals surface area contributed by atoms with Crippen LogP contribution in [0, 0.1) is 0 Å². The van der Waals surface area contributed by atoms with Crippen LogP contribution in [-0.4, -0.2) is 33.7 Å². The average Bonchev–Trinajstić information content (AvgIpc) is 1.97. The molecule has 0 aliphatic heterocycles. The zero-order valence-electron chi connectivity index (χ0n) is 8.24. The van der Waals surface area contributed by atoms with Crippen LogP contribution in [-0.2, 0) is 9.84 Å². The van der Waals surface area contributed by atoms with E-state index in [0.717, 1.165) is 12.0 Å². The second-order valence-corrected chi connectivity index (χ2v) is 5.03. The van der Waals surface area contributed by atoms with E-state index in [2.05, 4.69) is 13.2 Å². The molecule has 0 rings (SSSR count). The second-order valence-electron chi connectivity index (χ2n) is 2.96. The van der Waals surface area contributed by atoms with Crippen LogP contribution in [0.1, 0.15) is 0 Å². The Morgan fingerprint density at radius 2 is 1.69 bits per heavy atom. The van der Waals surface area contributed by atoms with Gasteiger partial charge in [0.15, 0.2) is 9.84 Å². The van der Waals surface area contributed by atoms with Crippen LogP contribution in [0.3, 0.4) is 0 Å². The van der Waals surface area contributed by atoms with Crippen molar-refractivity contribution in [2.75, 3.05) is 20.4 Å². The molecule has 0 unspecified atom stereocenters. The van der Waals surface area contributed by atoms with Crippen LogP contribution in [0.15, 0.2) is 35.9 Å². The Morgan fingerprint density at radius 1 is 1.23 bits per heavy atom. The van der Waals surface area contributed by atoms with Gasteiger partial charge in [-0.2, -0.15) is 0 Å². The summed E-state index contributed by atoms with van der Waals surface area (Å²) in [7, 11) is 0.493. The molecule has 0 spiro atoms. The SMILES string of the molecule is C=C(/C=C\C(=C)S(C)(=O)=O)N(C)C. The zero-order chi connectivity index (χ0) is 10.6. The van der Waals surface area contributed by atoms with Gasteiger partial charge in [-0.3, -0.25) is 0 Å². The van der Waals surface area contributed by atoms with Crippen LogP contribution in [0.25, 0.3) is 0 Å². The van der Waals surface area contributed by atoms with Gasteiger partial charge in [-0.05, 0) is 12.2 Å². The minimum absolute atomic E-state index is 0.0931. The van der Waals surface area contributed by atoms with Crippen molar-refractivity contribution in [2.45, 2.75) is 0 Å². The highest BCUT2D eigenvalue weighted by Crippen LogP contribution is 2.05. The lowest BCUT2D eigenvalue weighted by Crippen LogP contribution is -2.07. The lowest BCUT2D eigenvalue weighted by molar-refractivity contribution is 0.532. The summed E-state index contributed by atoms with van der Waals surface area (Å²) in [5.41, 5.74) is 0.727. The standard InChI is InChI=1S/C9H15NO2S/c1-8(10(3)4)6-7-9(2)13(5,11)12/h6-7H,1-2H2,3-5H3/b7-6-. The summed E-state index contributed by atoms with van der Waals surface area (Å²) in [5.74, 6) is 0. The van der Waals surface area contributed by atoms with E-state index < -0.39 is 9.84 Å². The molecule has 0 saturated carbocycles. The molecule has 0 fully saturated rings. The molecule has 3 nitrogen and oxygen atoms in total. The fraction of sp³-hybridized carbons (Fsp3) is 0.333. The molecule has 0 aliphatic rings. The molecule has 0 aromatic heterocycles. The van der Waals surface area contributed by atoms with E-state index in [1.807, 2.05) is 14.1 Å². The molecular formula is C9H15NO2S. The number of likely N-dealkylation sites (N-methyl/N-ethyl adjacent to an activating group) is 1. The summed E-state index contributed by atoms with van der Waals surface area (Å²) in [4.78, 5) is 1.88. The second kappa shape index (κ2) is 4.28. The number of hydrogen-bond acceptors (Lipinski definition) is 3. The van der Waals surface area contributed by atoms with Gasteiger partial charge < -0.3 is 4.90 Å². The van der Waals surface area contributed by atoms with Crippen LogP contribution in [0.2, 0.25) is 0 Å². The number of sulfone groups is 1. The van der Waals surface area contributed by atoms with Crippen molar-refractivity contribution >= 4 is 9.84 Å². The van der Waals surface area contributed by atoms with E-state index in [1.54, 1.807) is 11.0 Å². The normalized spacial score (nSPS) is 11.6. The molecule has 0 saturated heterocycles. The molecule has 13 heavy (non-hydrogen) atoms. The van der Waals surface area contributed by atoms with Crippen LogP contribution in [0.4, 0.5) is 0 Å². The fourth-order valence-corrected chi connectivity index (χ4v) is 0.777. The maximum absolute atomic E-state index is 10.9. The Labute approximate surface area is 80.0 Å². The summed E-state index contributed by atoms with van der Waals surface area (Å²) >= 11 is 0. The molecule has 0 aromatic rings. The quantitative estimate of drug-likeness (QED) is 0.641. The molecule has 0 heterocycles. The van der Waals surface area contributed by atoms with Gasteiger partial charge in [0, 0.05) is 26.0 Å². The Hall–Kier alpha value is -1.03. The number of nitrogens with zero attached hydrogens (tertiary/aromatic N) is 1. The van der Waals surface area contributed by atoms with Gasteiger partial charge in [-0.1, -0.05) is 13.2 Å². The zero-order valence-corrected chi connectivity index (χ0v) is 9.06. The third kappa shape index (κ3) is 4.52. The highest BCUT2D eigenvalue weighted by atomic mass is 32.2. The van der Waals surface area contributed by atoms with E-state index in [0.29, 0.717) is 0 Å². The van der Waals surface area contributed by atoms with E-state index in [-0.39, 0.29) is 4.91 Å². The Balaban J connectivity index is 4.48.